The van der Waals surface area contributed by atoms with Crippen molar-refractivity contribution in [2.45, 2.75) is 18.9 Å². The number of amides is 1. The maximum Gasteiger partial charge on any atom is 0.274 e. The van der Waals surface area contributed by atoms with E-state index in [0.717, 1.165) is 18.5 Å². The van der Waals surface area contributed by atoms with Crippen LogP contribution in [0.1, 0.15) is 23.3 Å². The average molecular weight is 245 g/mol. The molecule has 5 nitrogen and oxygen atoms in total. The molecule has 1 fully saturated rings. The summed E-state index contributed by atoms with van der Waals surface area (Å²) >= 11 is 0. The van der Waals surface area contributed by atoms with E-state index < -0.39 is 0 Å². The average Bonchev–Trinajstić information content (AvgIpc) is 3.03. The van der Waals surface area contributed by atoms with Crippen LogP contribution in [0, 0.1) is 0 Å². The maximum absolute atomic E-state index is 12.3. The summed E-state index contributed by atoms with van der Waals surface area (Å²) in [5.41, 5.74) is 1.21. The largest absolute Gasteiger partial charge is 0.394 e. The highest BCUT2D eigenvalue weighted by Gasteiger charge is 2.29. The number of hydrogen-bond donors (Lipinski definition) is 1. The quantitative estimate of drug-likeness (QED) is 0.856. The van der Waals surface area contributed by atoms with Crippen LogP contribution in [-0.2, 0) is 0 Å². The lowest BCUT2D eigenvalue weighted by Crippen LogP contribution is -2.37. The lowest BCUT2D eigenvalue weighted by atomic mass is 10.2. The number of aromatic nitrogens is 2. The van der Waals surface area contributed by atoms with Gasteiger partial charge in [0.1, 0.15) is 11.3 Å². The number of rotatable bonds is 2. The molecule has 0 saturated carbocycles. The third kappa shape index (κ3) is 1.76. The summed E-state index contributed by atoms with van der Waals surface area (Å²) in [5, 5.41) is 9.25. The number of nitrogens with zero attached hydrogens (tertiary/aromatic N) is 3. The first-order valence-corrected chi connectivity index (χ1v) is 6.15. The molecule has 0 unspecified atom stereocenters. The number of carbonyl (C=O) groups is 1. The van der Waals surface area contributed by atoms with E-state index in [2.05, 4.69) is 4.98 Å². The Balaban J connectivity index is 1.91. The molecule has 0 bridgehead atoms. The summed E-state index contributed by atoms with van der Waals surface area (Å²) in [4.78, 5) is 18.4. The van der Waals surface area contributed by atoms with Crippen molar-refractivity contribution in [3.8, 4) is 0 Å². The number of hydrogen-bond acceptors (Lipinski definition) is 3. The normalized spacial score (nSPS) is 19.6. The molecular formula is C13H15N3O2. The molecule has 1 aliphatic rings. The van der Waals surface area contributed by atoms with E-state index in [9.17, 15) is 9.90 Å². The molecule has 0 aliphatic carbocycles. The van der Waals surface area contributed by atoms with Gasteiger partial charge in [-0.3, -0.25) is 4.79 Å². The van der Waals surface area contributed by atoms with Gasteiger partial charge in [0.05, 0.1) is 12.6 Å². The first-order valence-electron chi connectivity index (χ1n) is 6.15. The van der Waals surface area contributed by atoms with Gasteiger partial charge in [0, 0.05) is 18.9 Å². The highest BCUT2D eigenvalue weighted by Crippen LogP contribution is 2.19. The summed E-state index contributed by atoms with van der Waals surface area (Å²) in [6.07, 6.45) is 5.43. The predicted molar refractivity (Wildman–Crippen MR) is 66.3 cm³/mol. The van der Waals surface area contributed by atoms with Gasteiger partial charge in [0.25, 0.3) is 5.91 Å². The first kappa shape index (κ1) is 11.2. The lowest BCUT2D eigenvalue weighted by Gasteiger charge is -2.21. The minimum atomic E-state index is -0.0877. The van der Waals surface area contributed by atoms with Crippen LogP contribution < -0.4 is 0 Å². The van der Waals surface area contributed by atoms with E-state index in [1.165, 1.54) is 0 Å². The fourth-order valence-electron chi connectivity index (χ4n) is 2.48. The van der Waals surface area contributed by atoms with Gasteiger partial charge >= 0.3 is 0 Å². The highest BCUT2D eigenvalue weighted by atomic mass is 16.3. The summed E-state index contributed by atoms with van der Waals surface area (Å²) < 4.78 is 1.83. The molecule has 0 radical (unpaired) electrons. The number of aliphatic hydroxyl groups excluding tert-OH is 1. The van der Waals surface area contributed by atoms with Crippen molar-refractivity contribution in [2.75, 3.05) is 13.2 Å². The summed E-state index contributed by atoms with van der Waals surface area (Å²) in [6.45, 7) is 0.733. The molecule has 2 aromatic rings. The van der Waals surface area contributed by atoms with Crippen LogP contribution in [0.25, 0.3) is 5.65 Å². The Morgan fingerprint density at radius 3 is 3.17 bits per heavy atom. The predicted octanol–water partition coefficient (Wildman–Crippen LogP) is 0.931. The van der Waals surface area contributed by atoms with Crippen molar-refractivity contribution in [3.05, 3.63) is 36.3 Å². The van der Waals surface area contributed by atoms with E-state index in [1.54, 1.807) is 11.1 Å². The molecule has 0 spiro atoms. The summed E-state index contributed by atoms with van der Waals surface area (Å²) in [6, 6.07) is 5.60. The third-order valence-electron chi connectivity index (χ3n) is 3.43. The van der Waals surface area contributed by atoms with Gasteiger partial charge in [-0.25, -0.2) is 4.98 Å². The zero-order chi connectivity index (χ0) is 12.5. The number of likely N-dealkylation sites (tertiary alicyclic amines) is 1. The Morgan fingerprint density at radius 1 is 1.50 bits per heavy atom. The van der Waals surface area contributed by atoms with E-state index in [4.69, 9.17) is 0 Å². The van der Waals surface area contributed by atoms with Crippen molar-refractivity contribution in [1.82, 2.24) is 14.3 Å². The lowest BCUT2D eigenvalue weighted by molar-refractivity contribution is 0.0672. The molecule has 94 valence electrons. The molecule has 1 amide bonds. The van der Waals surface area contributed by atoms with Crippen LogP contribution in [0.15, 0.2) is 30.6 Å². The molecule has 18 heavy (non-hydrogen) atoms. The Kier molecular flexibility index (Phi) is 2.76. The molecule has 2 aromatic heterocycles. The van der Waals surface area contributed by atoms with Crippen LogP contribution in [-0.4, -0.2) is 44.5 Å². The fourth-order valence-corrected chi connectivity index (χ4v) is 2.48. The Morgan fingerprint density at radius 2 is 2.39 bits per heavy atom. The van der Waals surface area contributed by atoms with E-state index >= 15 is 0 Å². The number of carbonyl (C=O) groups excluding carboxylic acids is 1. The van der Waals surface area contributed by atoms with Gasteiger partial charge in [0.2, 0.25) is 0 Å². The van der Waals surface area contributed by atoms with Crippen LogP contribution >= 0.6 is 0 Å². The molecule has 5 heteroatoms. The third-order valence-corrected chi connectivity index (χ3v) is 3.43. The molecular weight excluding hydrogens is 230 g/mol. The zero-order valence-corrected chi connectivity index (χ0v) is 9.99. The molecule has 3 heterocycles. The Hall–Kier alpha value is -1.88. The van der Waals surface area contributed by atoms with Crippen LogP contribution in [0.5, 0.6) is 0 Å². The second-order valence-corrected chi connectivity index (χ2v) is 4.57. The highest BCUT2D eigenvalue weighted by molar-refractivity contribution is 5.93. The van der Waals surface area contributed by atoms with Gasteiger partial charge in [-0.05, 0) is 25.0 Å². The van der Waals surface area contributed by atoms with E-state index in [0.29, 0.717) is 12.2 Å². The van der Waals surface area contributed by atoms with Gasteiger partial charge in [-0.2, -0.15) is 0 Å². The second kappa shape index (κ2) is 4.42. The van der Waals surface area contributed by atoms with E-state index in [-0.39, 0.29) is 18.6 Å². The summed E-state index contributed by atoms with van der Waals surface area (Å²) in [5.74, 6) is -0.0877. The van der Waals surface area contributed by atoms with Crippen LogP contribution in [0.3, 0.4) is 0 Å². The minimum Gasteiger partial charge on any atom is -0.394 e. The van der Waals surface area contributed by atoms with Crippen molar-refractivity contribution >= 4 is 11.6 Å². The Bertz CT molecular complexity index is 545. The minimum absolute atomic E-state index is 0.0269. The second-order valence-electron chi connectivity index (χ2n) is 4.57. The Labute approximate surface area is 105 Å². The monoisotopic (exact) mass is 245 g/mol. The zero-order valence-electron chi connectivity index (χ0n) is 9.99. The fraction of sp³-hybridized carbons (Fsp3) is 0.385. The van der Waals surface area contributed by atoms with Gasteiger partial charge in [0.15, 0.2) is 0 Å². The van der Waals surface area contributed by atoms with Crippen LogP contribution in [0.2, 0.25) is 0 Å². The topological polar surface area (TPSA) is 57.8 Å². The number of pyridine rings is 1. The number of fused-ring (bicyclic) bond motifs is 1. The maximum atomic E-state index is 12.3. The SMILES string of the molecule is O=C(c1cn2ccccc2n1)N1CCC[C@H]1CO. The molecule has 1 atom stereocenters. The van der Waals surface area contributed by atoms with Crippen molar-refractivity contribution in [3.63, 3.8) is 0 Å². The van der Waals surface area contributed by atoms with Crippen LogP contribution in [0.4, 0.5) is 0 Å². The van der Waals surface area contributed by atoms with Gasteiger partial charge in [-0.1, -0.05) is 6.07 Å². The number of imidazole rings is 1. The van der Waals surface area contributed by atoms with E-state index in [1.807, 2.05) is 28.8 Å². The van der Waals surface area contributed by atoms with Gasteiger partial charge in [-0.15, -0.1) is 0 Å². The molecule has 1 saturated heterocycles. The van der Waals surface area contributed by atoms with Gasteiger partial charge < -0.3 is 14.4 Å². The van der Waals surface area contributed by atoms with Crippen molar-refractivity contribution in [1.29, 1.82) is 0 Å². The molecule has 1 aliphatic heterocycles. The number of aliphatic hydroxyl groups is 1. The molecule has 0 aromatic carbocycles. The smallest absolute Gasteiger partial charge is 0.274 e. The summed E-state index contributed by atoms with van der Waals surface area (Å²) in [7, 11) is 0. The standard InChI is InChI=1S/C13H15N3O2/c17-9-10-4-3-7-16(10)13(18)11-8-15-6-2-1-5-12(15)14-11/h1-2,5-6,8,10,17H,3-4,7,9H2/t10-/m0/s1. The van der Waals surface area contributed by atoms with Crippen molar-refractivity contribution < 1.29 is 9.90 Å². The molecule has 3 rings (SSSR count). The van der Waals surface area contributed by atoms with Crippen molar-refractivity contribution in [2.24, 2.45) is 0 Å². The first-order chi connectivity index (χ1) is 8.79. The molecule has 1 N–H and O–H groups in total.